The van der Waals surface area contributed by atoms with Crippen LogP contribution in [0.25, 0.3) is 0 Å². The maximum Gasteiger partial charge on any atom is 0.140 e. The monoisotopic (exact) mass is 268 g/mol. The van der Waals surface area contributed by atoms with E-state index < -0.39 is 0 Å². The van der Waals surface area contributed by atoms with Crippen molar-refractivity contribution in [2.24, 2.45) is 0 Å². The van der Waals surface area contributed by atoms with Crippen LogP contribution in [0.1, 0.15) is 17.2 Å². The first-order valence-corrected chi connectivity index (χ1v) is 7.32. The summed E-state index contributed by atoms with van der Waals surface area (Å²) in [7, 11) is 0. The highest BCUT2D eigenvalue weighted by atomic mass is 32.2. The Morgan fingerprint density at radius 1 is 1.05 bits per heavy atom. The SMILES string of the molecule is CSc1ccc(NC(C#N)c2ccc(C)cc2)cc1. The Morgan fingerprint density at radius 3 is 2.21 bits per heavy atom. The van der Waals surface area contributed by atoms with Crippen molar-refractivity contribution in [3.8, 4) is 6.07 Å². The highest BCUT2D eigenvalue weighted by Gasteiger charge is 2.09. The van der Waals surface area contributed by atoms with Crippen LogP contribution >= 0.6 is 11.8 Å². The number of anilines is 1. The lowest BCUT2D eigenvalue weighted by molar-refractivity contribution is 0.995. The molecular formula is C16H16N2S. The molecule has 0 bridgehead atoms. The van der Waals surface area contributed by atoms with Crippen molar-refractivity contribution in [2.45, 2.75) is 17.9 Å². The zero-order valence-corrected chi connectivity index (χ0v) is 11.9. The molecule has 1 N–H and O–H groups in total. The fourth-order valence-corrected chi connectivity index (χ4v) is 2.21. The smallest absolute Gasteiger partial charge is 0.140 e. The minimum Gasteiger partial charge on any atom is -0.366 e. The molecule has 0 aliphatic heterocycles. The Kier molecular flexibility index (Phi) is 4.48. The number of thioether (sulfide) groups is 1. The van der Waals surface area contributed by atoms with Gasteiger partial charge < -0.3 is 5.32 Å². The maximum atomic E-state index is 9.29. The highest BCUT2D eigenvalue weighted by molar-refractivity contribution is 7.98. The van der Waals surface area contributed by atoms with Gasteiger partial charge in [0.25, 0.3) is 0 Å². The van der Waals surface area contributed by atoms with Gasteiger partial charge in [0.15, 0.2) is 0 Å². The van der Waals surface area contributed by atoms with Gasteiger partial charge in [-0.3, -0.25) is 0 Å². The van der Waals surface area contributed by atoms with E-state index in [1.54, 1.807) is 11.8 Å². The summed E-state index contributed by atoms with van der Waals surface area (Å²) in [5, 5.41) is 12.5. The van der Waals surface area contributed by atoms with Gasteiger partial charge >= 0.3 is 0 Å². The molecule has 0 fully saturated rings. The van der Waals surface area contributed by atoms with Crippen LogP contribution in [0.4, 0.5) is 5.69 Å². The fourth-order valence-electron chi connectivity index (χ4n) is 1.80. The molecule has 2 aromatic carbocycles. The van der Waals surface area contributed by atoms with E-state index in [2.05, 4.69) is 23.5 Å². The summed E-state index contributed by atoms with van der Waals surface area (Å²) in [6.07, 6.45) is 2.05. The molecule has 2 aromatic rings. The summed E-state index contributed by atoms with van der Waals surface area (Å²) in [4.78, 5) is 1.22. The van der Waals surface area contributed by atoms with Gasteiger partial charge in [-0.05, 0) is 43.0 Å². The van der Waals surface area contributed by atoms with E-state index >= 15 is 0 Å². The standard InChI is InChI=1S/C16H16N2S/c1-12-3-5-13(6-4-12)16(11-17)18-14-7-9-15(19-2)10-8-14/h3-10,16,18H,1-2H3. The second kappa shape index (κ2) is 6.31. The van der Waals surface area contributed by atoms with Crippen molar-refractivity contribution in [3.05, 3.63) is 59.7 Å². The summed E-state index contributed by atoms with van der Waals surface area (Å²) in [5.41, 5.74) is 3.15. The fraction of sp³-hybridized carbons (Fsp3) is 0.188. The topological polar surface area (TPSA) is 35.8 Å². The molecular weight excluding hydrogens is 252 g/mol. The number of hydrogen-bond acceptors (Lipinski definition) is 3. The number of nitriles is 1. The number of benzene rings is 2. The van der Waals surface area contributed by atoms with Gasteiger partial charge in [0.2, 0.25) is 0 Å². The summed E-state index contributed by atoms with van der Waals surface area (Å²) in [6, 6.07) is 18.1. The first kappa shape index (κ1) is 13.5. The molecule has 96 valence electrons. The Morgan fingerprint density at radius 2 is 1.68 bits per heavy atom. The van der Waals surface area contributed by atoms with Crippen LogP contribution in [0.2, 0.25) is 0 Å². The average molecular weight is 268 g/mol. The lowest BCUT2D eigenvalue weighted by Gasteiger charge is -2.13. The van der Waals surface area contributed by atoms with E-state index in [1.807, 2.05) is 49.6 Å². The Hall–Kier alpha value is -1.92. The third-order valence-corrected chi connectivity index (χ3v) is 3.68. The van der Waals surface area contributed by atoms with Crippen molar-refractivity contribution >= 4 is 17.4 Å². The van der Waals surface area contributed by atoms with Gasteiger partial charge in [-0.25, -0.2) is 0 Å². The van der Waals surface area contributed by atoms with Crippen molar-refractivity contribution < 1.29 is 0 Å². The van der Waals surface area contributed by atoms with Crippen LogP contribution < -0.4 is 5.32 Å². The van der Waals surface area contributed by atoms with Gasteiger partial charge in [0, 0.05) is 10.6 Å². The second-order valence-electron chi connectivity index (χ2n) is 4.35. The van der Waals surface area contributed by atoms with E-state index in [9.17, 15) is 5.26 Å². The number of hydrogen-bond donors (Lipinski definition) is 1. The Labute approximate surface area is 118 Å². The number of aryl methyl sites for hydroxylation is 1. The summed E-state index contributed by atoms with van der Waals surface area (Å²) in [6.45, 7) is 2.04. The summed E-state index contributed by atoms with van der Waals surface area (Å²) < 4.78 is 0. The number of rotatable bonds is 4. The maximum absolute atomic E-state index is 9.29. The van der Waals surface area contributed by atoms with Crippen LogP contribution in [0.5, 0.6) is 0 Å². The first-order valence-electron chi connectivity index (χ1n) is 6.09. The van der Waals surface area contributed by atoms with Crippen molar-refractivity contribution in [1.82, 2.24) is 0 Å². The van der Waals surface area contributed by atoms with Gasteiger partial charge in [-0.2, -0.15) is 5.26 Å². The van der Waals surface area contributed by atoms with Crippen molar-refractivity contribution in [1.29, 1.82) is 5.26 Å². The predicted octanol–water partition coefficient (Wildman–Crippen LogP) is 4.39. The second-order valence-corrected chi connectivity index (χ2v) is 5.23. The molecule has 1 atom stereocenters. The predicted molar refractivity (Wildman–Crippen MR) is 81.4 cm³/mol. The van der Waals surface area contributed by atoms with Gasteiger partial charge in [0.05, 0.1) is 6.07 Å². The summed E-state index contributed by atoms with van der Waals surface area (Å²) in [5.74, 6) is 0. The summed E-state index contributed by atoms with van der Waals surface area (Å²) >= 11 is 1.71. The molecule has 0 saturated carbocycles. The molecule has 0 aromatic heterocycles. The molecule has 19 heavy (non-hydrogen) atoms. The van der Waals surface area contributed by atoms with Crippen LogP contribution in [-0.4, -0.2) is 6.26 Å². The largest absolute Gasteiger partial charge is 0.366 e. The third kappa shape index (κ3) is 3.52. The Bertz CT molecular complexity index is 567. The van der Waals surface area contributed by atoms with E-state index in [0.29, 0.717) is 0 Å². The molecule has 0 spiro atoms. The van der Waals surface area contributed by atoms with E-state index in [0.717, 1.165) is 11.3 Å². The number of nitrogens with zero attached hydrogens (tertiary/aromatic N) is 1. The average Bonchev–Trinajstić information content (AvgIpc) is 2.46. The van der Waals surface area contributed by atoms with Crippen LogP contribution in [0.15, 0.2) is 53.4 Å². The number of nitrogens with one attached hydrogen (secondary N) is 1. The van der Waals surface area contributed by atoms with Crippen molar-refractivity contribution in [3.63, 3.8) is 0 Å². The normalized spacial score (nSPS) is 11.6. The molecule has 2 rings (SSSR count). The van der Waals surface area contributed by atoms with Gasteiger partial charge in [0.1, 0.15) is 6.04 Å². The molecule has 0 aliphatic carbocycles. The van der Waals surface area contributed by atoms with Gasteiger partial charge in [-0.15, -0.1) is 11.8 Å². The minimum absolute atomic E-state index is 0.319. The van der Waals surface area contributed by atoms with Crippen LogP contribution in [0.3, 0.4) is 0 Å². The molecule has 0 amide bonds. The van der Waals surface area contributed by atoms with Crippen molar-refractivity contribution in [2.75, 3.05) is 11.6 Å². The minimum atomic E-state index is -0.319. The molecule has 2 nitrogen and oxygen atoms in total. The molecule has 3 heteroatoms. The van der Waals surface area contributed by atoms with Crippen LogP contribution in [0, 0.1) is 18.3 Å². The highest BCUT2D eigenvalue weighted by Crippen LogP contribution is 2.22. The molecule has 0 radical (unpaired) electrons. The van der Waals surface area contributed by atoms with E-state index in [-0.39, 0.29) is 6.04 Å². The lowest BCUT2D eigenvalue weighted by Crippen LogP contribution is -2.08. The van der Waals surface area contributed by atoms with Crippen LogP contribution in [-0.2, 0) is 0 Å². The first-order chi connectivity index (χ1) is 9.22. The molecule has 0 saturated heterocycles. The lowest BCUT2D eigenvalue weighted by atomic mass is 10.1. The Balaban J connectivity index is 2.14. The quantitative estimate of drug-likeness (QED) is 0.835. The molecule has 1 unspecified atom stereocenters. The zero-order valence-electron chi connectivity index (χ0n) is 11.1. The van der Waals surface area contributed by atoms with E-state index in [1.165, 1.54) is 10.5 Å². The third-order valence-electron chi connectivity index (χ3n) is 2.94. The molecule has 0 heterocycles. The zero-order chi connectivity index (χ0) is 13.7. The van der Waals surface area contributed by atoms with Gasteiger partial charge in [-0.1, -0.05) is 29.8 Å². The molecule has 0 aliphatic rings. The van der Waals surface area contributed by atoms with E-state index in [4.69, 9.17) is 0 Å².